The summed E-state index contributed by atoms with van der Waals surface area (Å²) in [6, 6.07) is 10.1. The topological polar surface area (TPSA) is 25.8 Å². The summed E-state index contributed by atoms with van der Waals surface area (Å²) in [6.07, 6.45) is 4.68. The van der Waals surface area contributed by atoms with E-state index in [0.717, 1.165) is 17.8 Å². The van der Waals surface area contributed by atoms with Gasteiger partial charge in [0.1, 0.15) is 0 Å². The summed E-state index contributed by atoms with van der Waals surface area (Å²) in [7, 11) is 0. The van der Waals surface area contributed by atoms with Crippen LogP contribution in [0.1, 0.15) is 19.4 Å². The average Bonchev–Trinajstić information content (AvgIpc) is 2.30. The molecule has 82 valence electrons. The lowest BCUT2D eigenvalue weighted by molar-refractivity contribution is 0.646. The molecule has 0 saturated heterocycles. The van der Waals surface area contributed by atoms with Crippen LogP contribution in [0.15, 0.2) is 42.7 Å². The SMILES string of the molecule is CC(C)Cc1cccnc1-c1ccccn1. The van der Waals surface area contributed by atoms with E-state index in [2.05, 4.69) is 29.9 Å². The van der Waals surface area contributed by atoms with Crippen LogP contribution < -0.4 is 0 Å². The number of hydrogen-bond acceptors (Lipinski definition) is 2. The first kappa shape index (κ1) is 10.8. The molecule has 0 aliphatic carbocycles. The molecule has 0 saturated carbocycles. The molecule has 2 rings (SSSR count). The summed E-state index contributed by atoms with van der Waals surface area (Å²) in [5.41, 5.74) is 3.24. The van der Waals surface area contributed by atoms with E-state index in [1.165, 1.54) is 5.56 Å². The van der Waals surface area contributed by atoms with Crippen molar-refractivity contribution in [2.75, 3.05) is 0 Å². The highest BCUT2D eigenvalue weighted by Gasteiger charge is 2.08. The van der Waals surface area contributed by atoms with E-state index in [0.29, 0.717) is 5.92 Å². The molecule has 0 radical (unpaired) electrons. The molecule has 0 fully saturated rings. The molecule has 0 N–H and O–H groups in total. The molecule has 0 spiro atoms. The minimum absolute atomic E-state index is 0.631. The summed E-state index contributed by atoms with van der Waals surface area (Å²) < 4.78 is 0. The smallest absolute Gasteiger partial charge is 0.0918 e. The van der Waals surface area contributed by atoms with Crippen molar-refractivity contribution in [2.45, 2.75) is 20.3 Å². The quantitative estimate of drug-likeness (QED) is 0.779. The van der Waals surface area contributed by atoms with Gasteiger partial charge in [-0.25, -0.2) is 0 Å². The molecule has 0 aromatic carbocycles. The fraction of sp³-hybridized carbons (Fsp3) is 0.286. The van der Waals surface area contributed by atoms with E-state index in [1.54, 1.807) is 0 Å². The molecule has 2 aromatic heterocycles. The average molecular weight is 212 g/mol. The van der Waals surface area contributed by atoms with Crippen molar-refractivity contribution in [1.29, 1.82) is 0 Å². The Morgan fingerprint density at radius 1 is 1.00 bits per heavy atom. The Morgan fingerprint density at radius 2 is 1.81 bits per heavy atom. The Bertz CT molecular complexity index is 449. The van der Waals surface area contributed by atoms with Crippen molar-refractivity contribution in [3.8, 4) is 11.4 Å². The van der Waals surface area contributed by atoms with Crippen LogP contribution in [-0.4, -0.2) is 9.97 Å². The van der Waals surface area contributed by atoms with Crippen LogP contribution in [-0.2, 0) is 6.42 Å². The number of pyridine rings is 2. The van der Waals surface area contributed by atoms with Crippen LogP contribution >= 0.6 is 0 Å². The molecule has 0 atom stereocenters. The van der Waals surface area contributed by atoms with Crippen molar-refractivity contribution < 1.29 is 0 Å². The van der Waals surface area contributed by atoms with Crippen LogP contribution in [0.2, 0.25) is 0 Å². The van der Waals surface area contributed by atoms with Crippen LogP contribution in [0.5, 0.6) is 0 Å². The summed E-state index contributed by atoms with van der Waals surface area (Å²) in [6.45, 7) is 4.43. The Hall–Kier alpha value is -1.70. The molecule has 0 aliphatic rings. The lowest BCUT2D eigenvalue weighted by Gasteiger charge is -2.09. The first-order valence-corrected chi connectivity index (χ1v) is 5.62. The van der Waals surface area contributed by atoms with Gasteiger partial charge in [0.15, 0.2) is 0 Å². The zero-order chi connectivity index (χ0) is 11.4. The highest BCUT2D eigenvalue weighted by molar-refractivity contribution is 5.58. The maximum absolute atomic E-state index is 4.44. The van der Waals surface area contributed by atoms with Crippen LogP contribution in [0.25, 0.3) is 11.4 Å². The largest absolute Gasteiger partial charge is 0.255 e. The summed E-state index contributed by atoms with van der Waals surface area (Å²) in [5.74, 6) is 0.631. The van der Waals surface area contributed by atoms with Crippen molar-refractivity contribution >= 4 is 0 Å². The van der Waals surface area contributed by atoms with Gasteiger partial charge in [-0.05, 0) is 36.1 Å². The Labute approximate surface area is 96.4 Å². The van der Waals surface area contributed by atoms with Crippen LogP contribution in [0, 0.1) is 5.92 Å². The van der Waals surface area contributed by atoms with Gasteiger partial charge < -0.3 is 0 Å². The predicted octanol–water partition coefficient (Wildman–Crippen LogP) is 3.34. The van der Waals surface area contributed by atoms with Crippen molar-refractivity contribution in [3.63, 3.8) is 0 Å². The lowest BCUT2D eigenvalue weighted by atomic mass is 10.00. The summed E-state index contributed by atoms with van der Waals surface area (Å²) >= 11 is 0. The fourth-order valence-corrected chi connectivity index (χ4v) is 1.78. The predicted molar refractivity (Wildman–Crippen MR) is 66.0 cm³/mol. The van der Waals surface area contributed by atoms with E-state index in [-0.39, 0.29) is 0 Å². The van der Waals surface area contributed by atoms with Crippen LogP contribution in [0.4, 0.5) is 0 Å². The summed E-state index contributed by atoms with van der Waals surface area (Å²) in [5, 5.41) is 0. The van der Waals surface area contributed by atoms with Gasteiger partial charge in [-0.3, -0.25) is 9.97 Å². The third-order valence-electron chi connectivity index (χ3n) is 2.43. The Balaban J connectivity index is 2.41. The molecule has 2 heteroatoms. The van der Waals surface area contributed by atoms with Gasteiger partial charge in [0.2, 0.25) is 0 Å². The van der Waals surface area contributed by atoms with Gasteiger partial charge >= 0.3 is 0 Å². The molecular formula is C14H16N2. The molecule has 16 heavy (non-hydrogen) atoms. The number of rotatable bonds is 3. The molecular weight excluding hydrogens is 196 g/mol. The first-order valence-electron chi connectivity index (χ1n) is 5.62. The highest BCUT2D eigenvalue weighted by atomic mass is 14.8. The second kappa shape index (κ2) is 4.88. The number of hydrogen-bond donors (Lipinski definition) is 0. The molecule has 2 aromatic rings. The van der Waals surface area contributed by atoms with Gasteiger partial charge in [0.05, 0.1) is 11.4 Å². The van der Waals surface area contributed by atoms with Gasteiger partial charge in [0, 0.05) is 12.4 Å². The van der Waals surface area contributed by atoms with E-state index in [9.17, 15) is 0 Å². The zero-order valence-corrected chi connectivity index (χ0v) is 9.72. The first-order chi connectivity index (χ1) is 7.77. The van der Waals surface area contributed by atoms with Crippen LogP contribution in [0.3, 0.4) is 0 Å². The zero-order valence-electron chi connectivity index (χ0n) is 9.72. The van der Waals surface area contributed by atoms with E-state index in [4.69, 9.17) is 0 Å². The standard InChI is InChI=1S/C14H16N2/c1-11(2)10-12-6-5-9-16-14(12)13-7-3-4-8-15-13/h3-9,11H,10H2,1-2H3. The van der Waals surface area contributed by atoms with Gasteiger partial charge in [-0.2, -0.15) is 0 Å². The molecule has 2 nitrogen and oxygen atoms in total. The highest BCUT2D eigenvalue weighted by Crippen LogP contribution is 2.20. The molecule has 0 unspecified atom stereocenters. The fourth-order valence-electron chi connectivity index (χ4n) is 1.78. The van der Waals surface area contributed by atoms with Crippen molar-refractivity contribution in [1.82, 2.24) is 9.97 Å². The van der Waals surface area contributed by atoms with E-state index >= 15 is 0 Å². The van der Waals surface area contributed by atoms with Crippen molar-refractivity contribution in [3.05, 3.63) is 48.3 Å². The number of aromatic nitrogens is 2. The normalized spacial score (nSPS) is 10.7. The Kier molecular flexibility index (Phi) is 3.30. The van der Waals surface area contributed by atoms with Gasteiger partial charge in [-0.1, -0.05) is 26.0 Å². The maximum Gasteiger partial charge on any atom is 0.0918 e. The monoisotopic (exact) mass is 212 g/mol. The van der Waals surface area contributed by atoms with E-state index < -0.39 is 0 Å². The molecule has 0 amide bonds. The third kappa shape index (κ3) is 2.45. The summed E-state index contributed by atoms with van der Waals surface area (Å²) in [4.78, 5) is 8.79. The Morgan fingerprint density at radius 3 is 2.50 bits per heavy atom. The maximum atomic E-state index is 4.44. The molecule has 2 heterocycles. The second-order valence-electron chi connectivity index (χ2n) is 4.32. The van der Waals surface area contributed by atoms with Gasteiger partial charge in [-0.15, -0.1) is 0 Å². The molecule has 0 aliphatic heterocycles. The third-order valence-corrected chi connectivity index (χ3v) is 2.43. The molecule has 0 bridgehead atoms. The van der Waals surface area contributed by atoms with Gasteiger partial charge in [0.25, 0.3) is 0 Å². The second-order valence-corrected chi connectivity index (χ2v) is 4.32. The minimum atomic E-state index is 0.631. The van der Waals surface area contributed by atoms with E-state index in [1.807, 2.05) is 36.7 Å². The minimum Gasteiger partial charge on any atom is -0.255 e. The number of nitrogens with zero attached hydrogens (tertiary/aromatic N) is 2. The lowest BCUT2D eigenvalue weighted by Crippen LogP contribution is -1.99. The van der Waals surface area contributed by atoms with Crippen molar-refractivity contribution in [2.24, 2.45) is 5.92 Å².